The third kappa shape index (κ3) is 5.12. The number of halogens is 1. The highest BCUT2D eigenvalue weighted by Crippen LogP contribution is 2.23. The average Bonchev–Trinajstić information content (AvgIpc) is 2.79. The van der Waals surface area contributed by atoms with E-state index in [-0.39, 0.29) is 5.91 Å². The molecular weight excluding hydrogens is 382 g/mol. The van der Waals surface area contributed by atoms with Crippen LogP contribution in [0.3, 0.4) is 0 Å². The summed E-state index contributed by atoms with van der Waals surface area (Å²) in [6, 6.07) is 18.2. The summed E-state index contributed by atoms with van der Waals surface area (Å²) >= 11 is 6.01. The van der Waals surface area contributed by atoms with Crippen molar-refractivity contribution in [3.8, 4) is 0 Å². The Morgan fingerprint density at radius 2 is 1.62 bits per heavy atom. The van der Waals surface area contributed by atoms with Crippen molar-refractivity contribution in [2.45, 2.75) is 31.7 Å². The van der Waals surface area contributed by atoms with Gasteiger partial charge in [-0.25, -0.2) is 0 Å². The third-order valence-electron chi connectivity index (χ3n) is 6.25. The smallest absolute Gasteiger partial charge is 0.254 e. The summed E-state index contributed by atoms with van der Waals surface area (Å²) in [5.74, 6) is 0.197. The molecule has 2 saturated heterocycles. The number of amides is 1. The molecule has 1 amide bonds. The standard InChI is InChI=1S/C24H30ClN3O/c25-21-9-11-22(12-10-21)27-18-16-26(17-19-27)15-13-23-8-4-5-14-28(23)24(29)20-6-2-1-3-7-20/h1-3,6-7,9-12,23H,4-5,8,13-19H2/t23-/m1/s1. The highest BCUT2D eigenvalue weighted by atomic mass is 35.5. The summed E-state index contributed by atoms with van der Waals surface area (Å²) in [5, 5.41) is 0.787. The first-order valence-corrected chi connectivity index (χ1v) is 11.2. The van der Waals surface area contributed by atoms with Gasteiger partial charge >= 0.3 is 0 Å². The number of carbonyl (C=O) groups excluding carboxylic acids is 1. The van der Waals surface area contributed by atoms with Crippen LogP contribution in [0, 0.1) is 0 Å². The van der Waals surface area contributed by atoms with E-state index >= 15 is 0 Å². The van der Waals surface area contributed by atoms with Gasteiger partial charge in [-0.05, 0) is 62.1 Å². The van der Waals surface area contributed by atoms with Crippen LogP contribution in [0.5, 0.6) is 0 Å². The predicted molar refractivity (Wildman–Crippen MR) is 120 cm³/mol. The maximum Gasteiger partial charge on any atom is 0.254 e. The van der Waals surface area contributed by atoms with Gasteiger partial charge in [0, 0.05) is 61.6 Å². The molecule has 0 aliphatic carbocycles. The highest BCUT2D eigenvalue weighted by Gasteiger charge is 2.28. The summed E-state index contributed by atoms with van der Waals surface area (Å²) < 4.78 is 0. The van der Waals surface area contributed by atoms with E-state index in [1.165, 1.54) is 12.1 Å². The Hall–Kier alpha value is -2.04. The van der Waals surface area contributed by atoms with Crippen molar-refractivity contribution < 1.29 is 4.79 Å². The molecule has 0 bridgehead atoms. The minimum absolute atomic E-state index is 0.197. The van der Waals surface area contributed by atoms with Crippen LogP contribution in [0.25, 0.3) is 0 Å². The number of hydrogen-bond donors (Lipinski definition) is 0. The predicted octanol–water partition coefficient (Wildman–Crippen LogP) is 4.55. The minimum Gasteiger partial charge on any atom is -0.369 e. The van der Waals surface area contributed by atoms with Crippen LogP contribution in [0.2, 0.25) is 5.02 Å². The molecule has 2 aromatic carbocycles. The van der Waals surface area contributed by atoms with Crippen molar-refractivity contribution >= 4 is 23.2 Å². The quantitative estimate of drug-likeness (QED) is 0.722. The molecular formula is C24H30ClN3O. The zero-order valence-corrected chi connectivity index (χ0v) is 17.7. The van der Waals surface area contributed by atoms with Crippen LogP contribution in [0.1, 0.15) is 36.0 Å². The third-order valence-corrected chi connectivity index (χ3v) is 6.50. The average molecular weight is 412 g/mol. The van der Waals surface area contributed by atoms with Crippen LogP contribution in [0.4, 0.5) is 5.69 Å². The molecule has 0 N–H and O–H groups in total. The Kier molecular flexibility index (Phi) is 6.73. The molecule has 0 aromatic heterocycles. The number of nitrogens with zero attached hydrogens (tertiary/aromatic N) is 3. The summed E-state index contributed by atoms with van der Waals surface area (Å²) in [5.41, 5.74) is 2.07. The monoisotopic (exact) mass is 411 g/mol. The molecule has 2 aliphatic rings. The van der Waals surface area contributed by atoms with Gasteiger partial charge in [0.05, 0.1) is 0 Å². The van der Waals surface area contributed by atoms with E-state index in [4.69, 9.17) is 11.6 Å². The molecule has 2 fully saturated rings. The summed E-state index contributed by atoms with van der Waals surface area (Å²) in [7, 11) is 0. The first-order chi connectivity index (χ1) is 14.2. The van der Waals surface area contributed by atoms with Crippen molar-refractivity contribution in [2.75, 3.05) is 44.2 Å². The van der Waals surface area contributed by atoms with E-state index in [1.807, 2.05) is 42.5 Å². The SMILES string of the molecule is O=C(c1ccccc1)N1CCCC[C@@H]1CCN1CCN(c2ccc(Cl)cc2)CC1. The Morgan fingerprint density at radius 3 is 2.34 bits per heavy atom. The molecule has 0 radical (unpaired) electrons. The number of piperidine rings is 1. The maximum absolute atomic E-state index is 13.0. The lowest BCUT2D eigenvalue weighted by molar-refractivity contribution is 0.0582. The van der Waals surface area contributed by atoms with Gasteiger partial charge in [-0.2, -0.15) is 0 Å². The Morgan fingerprint density at radius 1 is 0.897 bits per heavy atom. The molecule has 2 heterocycles. The number of rotatable bonds is 5. The van der Waals surface area contributed by atoms with Crippen molar-refractivity contribution in [1.82, 2.24) is 9.80 Å². The van der Waals surface area contributed by atoms with E-state index < -0.39 is 0 Å². The number of likely N-dealkylation sites (tertiary alicyclic amines) is 1. The molecule has 29 heavy (non-hydrogen) atoms. The highest BCUT2D eigenvalue weighted by molar-refractivity contribution is 6.30. The molecule has 5 heteroatoms. The number of benzene rings is 2. The second-order valence-electron chi connectivity index (χ2n) is 8.11. The lowest BCUT2D eigenvalue weighted by Crippen LogP contribution is -2.49. The fourth-order valence-electron chi connectivity index (χ4n) is 4.53. The van der Waals surface area contributed by atoms with Crippen molar-refractivity contribution in [3.63, 3.8) is 0 Å². The van der Waals surface area contributed by atoms with E-state index in [0.29, 0.717) is 6.04 Å². The van der Waals surface area contributed by atoms with E-state index in [0.717, 1.165) is 69.1 Å². The molecule has 0 saturated carbocycles. The van der Waals surface area contributed by atoms with Gasteiger partial charge in [-0.15, -0.1) is 0 Å². The molecule has 0 unspecified atom stereocenters. The van der Waals surface area contributed by atoms with Crippen LogP contribution < -0.4 is 4.90 Å². The number of hydrogen-bond acceptors (Lipinski definition) is 3. The fraction of sp³-hybridized carbons (Fsp3) is 0.458. The summed E-state index contributed by atoms with van der Waals surface area (Å²) in [6.45, 7) is 6.18. The van der Waals surface area contributed by atoms with Gasteiger partial charge in [0.2, 0.25) is 0 Å². The van der Waals surface area contributed by atoms with Crippen LogP contribution in [-0.2, 0) is 0 Å². The minimum atomic E-state index is 0.197. The van der Waals surface area contributed by atoms with Crippen LogP contribution >= 0.6 is 11.6 Å². The van der Waals surface area contributed by atoms with E-state index in [9.17, 15) is 4.79 Å². The first-order valence-electron chi connectivity index (χ1n) is 10.8. The van der Waals surface area contributed by atoms with Crippen LogP contribution in [0.15, 0.2) is 54.6 Å². The van der Waals surface area contributed by atoms with E-state index in [1.54, 1.807) is 0 Å². The Bertz CT molecular complexity index is 788. The van der Waals surface area contributed by atoms with Crippen molar-refractivity contribution in [3.05, 3.63) is 65.2 Å². The normalized spacial score (nSPS) is 20.7. The number of anilines is 1. The van der Waals surface area contributed by atoms with Gasteiger partial charge in [0.25, 0.3) is 5.91 Å². The first kappa shape index (κ1) is 20.2. The molecule has 4 nitrogen and oxygen atoms in total. The second-order valence-corrected chi connectivity index (χ2v) is 8.54. The largest absolute Gasteiger partial charge is 0.369 e. The zero-order valence-electron chi connectivity index (χ0n) is 17.0. The second kappa shape index (κ2) is 9.64. The number of piperazine rings is 1. The van der Waals surface area contributed by atoms with Crippen molar-refractivity contribution in [2.24, 2.45) is 0 Å². The zero-order chi connectivity index (χ0) is 20.1. The number of carbonyl (C=O) groups is 1. The molecule has 2 aromatic rings. The lowest BCUT2D eigenvalue weighted by atomic mass is 9.97. The molecule has 4 rings (SSSR count). The molecule has 2 aliphatic heterocycles. The maximum atomic E-state index is 13.0. The lowest BCUT2D eigenvalue weighted by Gasteiger charge is -2.39. The van der Waals surface area contributed by atoms with Gasteiger partial charge < -0.3 is 9.80 Å². The molecule has 154 valence electrons. The summed E-state index contributed by atoms with van der Waals surface area (Å²) in [6.07, 6.45) is 4.55. The fourth-order valence-corrected chi connectivity index (χ4v) is 4.65. The molecule has 0 spiro atoms. The van der Waals surface area contributed by atoms with Gasteiger partial charge in [-0.3, -0.25) is 9.69 Å². The van der Waals surface area contributed by atoms with Crippen molar-refractivity contribution in [1.29, 1.82) is 0 Å². The molecule has 1 atom stereocenters. The van der Waals surface area contributed by atoms with Gasteiger partial charge in [0.15, 0.2) is 0 Å². The van der Waals surface area contributed by atoms with Crippen LogP contribution in [-0.4, -0.2) is 61.0 Å². The van der Waals surface area contributed by atoms with E-state index in [2.05, 4.69) is 26.8 Å². The topological polar surface area (TPSA) is 26.8 Å². The summed E-state index contributed by atoms with van der Waals surface area (Å²) in [4.78, 5) is 20.1. The Balaban J connectivity index is 1.29. The van der Waals surface area contributed by atoms with Gasteiger partial charge in [-0.1, -0.05) is 29.8 Å². The Labute approximate surface area is 179 Å². The van der Waals surface area contributed by atoms with Gasteiger partial charge in [0.1, 0.15) is 0 Å².